The fourth-order valence-electron chi connectivity index (χ4n) is 11.0. The van der Waals surface area contributed by atoms with Gasteiger partial charge in [-0.1, -0.05) is 268 Å². The molecule has 1 amide bonds. The molecule has 2 fully saturated rings. The monoisotopic (exact) mass is 1150 g/mol. The number of allylic oxidation sites excluding steroid dienone is 8. The Morgan fingerprint density at radius 1 is 0.457 bits per heavy atom. The molecule has 0 aliphatic carbocycles. The van der Waals surface area contributed by atoms with Crippen molar-refractivity contribution in [3.8, 4) is 0 Å². The summed E-state index contributed by atoms with van der Waals surface area (Å²) in [6.07, 6.45) is 49.8. The first-order valence-electron chi connectivity index (χ1n) is 33.4. The number of hydrogen-bond donors (Lipinski definition) is 9. The first-order valence-corrected chi connectivity index (χ1v) is 33.4. The minimum Gasteiger partial charge on any atom is -0.394 e. The number of hydrogen-bond acceptors (Lipinski definition) is 13. The molecule has 12 atom stereocenters. The van der Waals surface area contributed by atoms with Gasteiger partial charge in [0.15, 0.2) is 12.6 Å². The van der Waals surface area contributed by atoms with Gasteiger partial charge in [-0.3, -0.25) is 4.79 Å². The van der Waals surface area contributed by atoms with Gasteiger partial charge in [0.1, 0.15) is 48.8 Å². The maximum Gasteiger partial charge on any atom is 0.220 e. The van der Waals surface area contributed by atoms with E-state index in [2.05, 4.69) is 67.8 Å². The average Bonchev–Trinajstić information content (AvgIpc) is 3.63. The smallest absolute Gasteiger partial charge is 0.220 e. The topological polar surface area (TPSA) is 228 Å². The van der Waals surface area contributed by atoms with E-state index >= 15 is 0 Å². The predicted octanol–water partition coefficient (Wildman–Crippen LogP) is 12.7. The van der Waals surface area contributed by atoms with Crippen LogP contribution in [0.25, 0.3) is 0 Å². The van der Waals surface area contributed by atoms with Crippen molar-refractivity contribution in [3.63, 3.8) is 0 Å². The maximum atomic E-state index is 13.3. The summed E-state index contributed by atoms with van der Waals surface area (Å²) in [6, 6.07) is -0.839. The number of aliphatic hydroxyl groups is 8. The van der Waals surface area contributed by atoms with E-state index in [1.807, 2.05) is 0 Å². The van der Waals surface area contributed by atoms with E-state index in [0.29, 0.717) is 12.8 Å². The van der Waals surface area contributed by atoms with Crippen LogP contribution in [0, 0.1) is 0 Å². The highest BCUT2D eigenvalue weighted by molar-refractivity contribution is 5.76. The van der Waals surface area contributed by atoms with Gasteiger partial charge >= 0.3 is 0 Å². The number of aliphatic hydroxyl groups excluding tert-OH is 8. The Balaban J connectivity index is 1.69. The Hall–Kier alpha value is -2.05. The molecule has 9 N–H and O–H groups in total. The summed E-state index contributed by atoms with van der Waals surface area (Å²) in [7, 11) is 0. The molecule has 2 aliphatic heterocycles. The number of rotatable bonds is 54. The summed E-state index contributed by atoms with van der Waals surface area (Å²) in [5, 5.41) is 87.5. The van der Waals surface area contributed by atoms with Crippen molar-refractivity contribution in [3.05, 3.63) is 48.6 Å². The van der Waals surface area contributed by atoms with Crippen LogP contribution in [0.3, 0.4) is 0 Å². The molecule has 14 nitrogen and oxygen atoms in total. The summed E-state index contributed by atoms with van der Waals surface area (Å²) < 4.78 is 22.9. The number of amides is 1. The van der Waals surface area contributed by atoms with Crippen LogP contribution in [-0.4, -0.2) is 140 Å². The molecular weight excluding hydrogens is 1030 g/mol. The van der Waals surface area contributed by atoms with Gasteiger partial charge in [0.25, 0.3) is 0 Å². The van der Waals surface area contributed by atoms with Crippen LogP contribution in [0.5, 0.6) is 0 Å². The van der Waals surface area contributed by atoms with Crippen molar-refractivity contribution in [1.29, 1.82) is 0 Å². The molecule has 0 bridgehead atoms. The highest BCUT2D eigenvalue weighted by atomic mass is 16.7. The van der Waals surface area contributed by atoms with Gasteiger partial charge in [-0.15, -0.1) is 0 Å². The van der Waals surface area contributed by atoms with E-state index < -0.39 is 86.8 Å². The number of nitrogens with one attached hydrogen (secondary N) is 1. The standard InChI is InChI=1S/C67H123NO13/c1-3-5-7-9-11-13-15-17-19-21-23-24-25-26-27-28-29-30-31-33-34-36-38-40-42-44-46-48-50-56(71)55(68-59(72)51-49-47-45-43-41-39-37-35-32-22-20-18-16-14-12-10-8-6-4-2)54-78-66-64(77)62(75)65(58(53-70)80-66)81-67-63(76)61(74)60(73)57(52-69)79-67/h6,8,12,14,18,20,32,35,55-58,60-67,69-71,73-77H,3-5,7,9-11,13,15-17,19,21-31,33-34,36-54H2,1-2H3,(H,68,72)/b8-6-,14-12-,20-18-,35-32-. The van der Waals surface area contributed by atoms with Crippen LogP contribution < -0.4 is 5.32 Å². The molecule has 0 saturated carbocycles. The zero-order valence-electron chi connectivity index (χ0n) is 51.3. The summed E-state index contributed by atoms with van der Waals surface area (Å²) in [6.45, 7) is 2.77. The Labute approximate surface area is 493 Å². The van der Waals surface area contributed by atoms with Crippen molar-refractivity contribution >= 4 is 5.91 Å². The second kappa shape index (κ2) is 52.3. The minimum atomic E-state index is -1.79. The third kappa shape index (κ3) is 37.2. The highest BCUT2D eigenvalue weighted by Crippen LogP contribution is 2.30. The largest absolute Gasteiger partial charge is 0.394 e. The van der Waals surface area contributed by atoms with Gasteiger partial charge in [-0.05, 0) is 51.4 Å². The van der Waals surface area contributed by atoms with E-state index in [9.17, 15) is 45.6 Å². The first-order chi connectivity index (χ1) is 39.6. The molecule has 12 unspecified atom stereocenters. The summed E-state index contributed by atoms with van der Waals surface area (Å²) >= 11 is 0. The fraction of sp³-hybridized carbons (Fsp3) is 0.866. The molecular formula is C67H123NO13. The fourth-order valence-corrected chi connectivity index (χ4v) is 11.0. The number of carbonyl (C=O) groups is 1. The van der Waals surface area contributed by atoms with Crippen molar-refractivity contribution in [2.24, 2.45) is 0 Å². The molecule has 0 aromatic rings. The zero-order chi connectivity index (χ0) is 58.8. The molecule has 2 rings (SSSR count). The Kier molecular flexibility index (Phi) is 48.5. The van der Waals surface area contributed by atoms with Crippen molar-refractivity contribution in [2.75, 3.05) is 19.8 Å². The molecule has 0 aromatic heterocycles. The lowest BCUT2D eigenvalue weighted by Crippen LogP contribution is -2.65. The minimum absolute atomic E-state index is 0.219. The molecule has 0 radical (unpaired) electrons. The summed E-state index contributed by atoms with van der Waals surface area (Å²) in [5.74, 6) is -0.219. The highest BCUT2D eigenvalue weighted by Gasteiger charge is 2.51. The predicted molar refractivity (Wildman–Crippen MR) is 327 cm³/mol. The molecule has 2 saturated heterocycles. The average molecular weight is 1150 g/mol. The van der Waals surface area contributed by atoms with E-state index in [-0.39, 0.29) is 18.9 Å². The quantitative estimate of drug-likeness (QED) is 0.0204. The number of ether oxygens (including phenoxy) is 4. The lowest BCUT2D eigenvalue weighted by molar-refractivity contribution is -0.359. The Morgan fingerprint density at radius 3 is 1.31 bits per heavy atom. The molecule has 0 spiro atoms. The van der Waals surface area contributed by atoms with Gasteiger partial charge < -0.3 is 65.1 Å². The van der Waals surface area contributed by atoms with Crippen LogP contribution in [0.15, 0.2) is 48.6 Å². The molecule has 81 heavy (non-hydrogen) atoms. The van der Waals surface area contributed by atoms with Crippen LogP contribution in [-0.2, 0) is 23.7 Å². The van der Waals surface area contributed by atoms with E-state index in [1.165, 1.54) is 154 Å². The lowest BCUT2D eigenvalue weighted by Gasteiger charge is -2.46. The van der Waals surface area contributed by atoms with Gasteiger partial charge in [0.2, 0.25) is 5.91 Å². The van der Waals surface area contributed by atoms with Crippen molar-refractivity contribution in [1.82, 2.24) is 5.32 Å². The second-order valence-electron chi connectivity index (χ2n) is 23.6. The molecule has 0 aromatic carbocycles. The van der Waals surface area contributed by atoms with Crippen LogP contribution in [0.1, 0.15) is 277 Å². The second-order valence-corrected chi connectivity index (χ2v) is 23.6. The van der Waals surface area contributed by atoms with Gasteiger partial charge in [-0.25, -0.2) is 0 Å². The number of unbranched alkanes of at least 4 members (excludes halogenated alkanes) is 33. The van der Waals surface area contributed by atoms with E-state index in [0.717, 1.165) is 89.9 Å². The van der Waals surface area contributed by atoms with E-state index in [1.54, 1.807) is 0 Å². The van der Waals surface area contributed by atoms with E-state index in [4.69, 9.17) is 18.9 Å². The van der Waals surface area contributed by atoms with Crippen LogP contribution >= 0.6 is 0 Å². The zero-order valence-corrected chi connectivity index (χ0v) is 51.3. The van der Waals surface area contributed by atoms with Crippen molar-refractivity contribution in [2.45, 2.75) is 351 Å². The third-order valence-electron chi connectivity index (χ3n) is 16.3. The first kappa shape index (κ1) is 75.0. The summed E-state index contributed by atoms with van der Waals surface area (Å²) in [5.41, 5.74) is 0. The van der Waals surface area contributed by atoms with Crippen LogP contribution in [0.4, 0.5) is 0 Å². The normalized spacial score (nSPS) is 24.4. The summed E-state index contributed by atoms with van der Waals surface area (Å²) in [4.78, 5) is 13.3. The maximum absolute atomic E-state index is 13.3. The van der Waals surface area contributed by atoms with Crippen molar-refractivity contribution < 1.29 is 64.6 Å². The van der Waals surface area contributed by atoms with Crippen LogP contribution in [0.2, 0.25) is 0 Å². The molecule has 14 heteroatoms. The van der Waals surface area contributed by atoms with Gasteiger partial charge in [0, 0.05) is 6.42 Å². The lowest BCUT2D eigenvalue weighted by atomic mass is 9.97. The molecule has 2 heterocycles. The number of carbonyl (C=O) groups excluding carboxylic acids is 1. The van der Waals surface area contributed by atoms with Gasteiger partial charge in [-0.2, -0.15) is 0 Å². The molecule has 2 aliphatic rings. The van der Waals surface area contributed by atoms with Gasteiger partial charge in [0.05, 0.1) is 32.0 Å². The Bertz CT molecular complexity index is 1540. The SMILES string of the molecule is CC/C=C\C/C=C\C/C=C\C/C=C\CCCCCCCCC(=O)NC(COC1OC(CO)C(OC2OC(CO)C(O)C(O)C2O)C(O)C1O)C(O)CCCCCCCCCCCCCCCCCCCCCCCCCCCCCC. The third-order valence-corrected chi connectivity index (χ3v) is 16.3. The molecule has 474 valence electrons. The Morgan fingerprint density at radius 2 is 0.852 bits per heavy atom.